The van der Waals surface area contributed by atoms with Gasteiger partial charge in [0.1, 0.15) is 9.84 Å². The zero-order chi connectivity index (χ0) is 22.0. The maximum Gasteiger partial charge on any atom is 0.194 e. The molecule has 1 heterocycles. The van der Waals surface area contributed by atoms with Gasteiger partial charge < -0.3 is 15.0 Å². The van der Waals surface area contributed by atoms with Crippen LogP contribution in [0.2, 0.25) is 0 Å². The van der Waals surface area contributed by atoms with E-state index in [9.17, 15) is 8.42 Å². The van der Waals surface area contributed by atoms with Crippen LogP contribution in [0, 0.1) is 0 Å². The van der Waals surface area contributed by atoms with Crippen molar-refractivity contribution in [2.45, 2.75) is 33.2 Å². The molecule has 7 nitrogen and oxygen atoms in total. The zero-order valence-corrected chi connectivity index (χ0v) is 22.5. The Labute approximate surface area is 205 Å². The monoisotopic (exact) mass is 566 g/mol. The number of piperazine rings is 1. The van der Waals surface area contributed by atoms with Gasteiger partial charge in [0.25, 0.3) is 0 Å². The lowest BCUT2D eigenvalue weighted by Crippen LogP contribution is -2.52. The van der Waals surface area contributed by atoms with Gasteiger partial charge in [-0.25, -0.2) is 8.42 Å². The molecule has 1 aromatic rings. The van der Waals surface area contributed by atoms with E-state index in [2.05, 4.69) is 65.1 Å². The third-order valence-electron chi connectivity index (χ3n) is 5.15. The summed E-state index contributed by atoms with van der Waals surface area (Å²) < 4.78 is 27.6. The molecule has 1 N–H and O–H groups in total. The van der Waals surface area contributed by atoms with Crippen molar-refractivity contribution in [3.8, 4) is 0 Å². The van der Waals surface area contributed by atoms with Crippen LogP contribution in [-0.2, 0) is 21.1 Å². The van der Waals surface area contributed by atoms with Crippen LogP contribution in [0.1, 0.15) is 37.8 Å². The second kappa shape index (κ2) is 14.3. The van der Waals surface area contributed by atoms with Crippen LogP contribution in [0.3, 0.4) is 0 Å². The minimum Gasteiger partial charge on any atom is -0.378 e. The van der Waals surface area contributed by atoms with Crippen molar-refractivity contribution in [3.05, 3.63) is 35.4 Å². The highest BCUT2D eigenvalue weighted by Gasteiger charge is 2.19. The van der Waals surface area contributed by atoms with Crippen LogP contribution in [0.15, 0.2) is 29.3 Å². The molecule has 1 saturated heterocycles. The lowest BCUT2D eigenvalue weighted by molar-refractivity contribution is 0.155. The first-order chi connectivity index (χ1) is 14.3. The average Bonchev–Trinajstić information content (AvgIpc) is 2.70. The molecule has 178 valence electrons. The van der Waals surface area contributed by atoms with Gasteiger partial charge in [-0.3, -0.25) is 9.89 Å². The number of benzene rings is 1. The Morgan fingerprint density at radius 1 is 1.13 bits per heavy atom. The first-order valence-electron chi connectivity index (χ1n) is 10.9. The van der Waals surface area contributed by atoms with E-state index in [1.165, 1.54) is 17.4 Å². The lowest BCUT2D eigenvalue weighted by Gasteiger charge is -2.36. The second-order valence-electron chi connectivity index (χ2n) is 8.14. The first kappa shape index (κ1) is 28.1. The molecule has 0 spiro atoms. The van der Waals surface area contributed by atoms with Gasteiger partial charge in [0.05, 0.1) is 25.5 Å². The quantitative estimate of drug-likeness (QED) is 0.203. The molecule has 1 aromatic carbocycles. The van der Waals surface area contributed by atoms with Gasteiger partial charge >= 0.3 is 0 Å². The zero-order valence-electron chi connectivity index (χ0n) is 19.3. The number of nitrogens with zero attached hydrogens (tertiary/aromatic N) is 3. The Kier molecular flexibility index (Phi) is 13.0. The second-order valence-corrected chi connectivity index (χ2v) is 10.4. The van der Waals surface area contributed by atoms with E-state index in [0.717, 1.165) is 45.2 Å². The standard InChI is InChI=1S/C22H38N4O3S.HI/c1-5-23-22(24-10-15-29-16-17-30(4,27)28)26-13-11-25(12-14-26)18-20-6-8-21(9-7-20)19(2)3;/h6-9,19H,5,10-18H2,1-4H3,(H,23,24);1H. The minimum atomic E-state index is -2.97. The number of nitrogens with one attached hydrogen (secondary N) is 1. The number of halogens is 1. The number of rotatable bonds is 10. The molecule has 2 rings (SSSR count). The number of hydrogen-bond acceptors (Lipinski definition) is 5. The van der Waals surface area contributed by atoms with E-state index in [0.29, 0.717) is 19.1 Å². The van der Waals surface area contributed by atoms with Crippen molar-refractivity contribution >= 4 is 39.8 Å². The van der Waals surface area contributed by atoms with Gasteiger partial charge in [0, 0.05) is 45.5 Å². The fourth-order valence-corrected chi connectivity index (χ4v) is 3.76. The van der Waals surface area contributed by atoms with Crippen LogP contribution >= 0.6 is 24.0 Å². The maximum absolute atomic E-state index is 11.1. The predicted octanol–water partition coefficient (Wildman–Crippen LogP) is 2.57. The van der Waals surface area contributed by atoms with Gasteiger partial charge in [-0.2, -0.15) is 0 Å². The molecule has 0 aliphatic carbocycles. The summed E-state index contributed by atoms with van der Waals surface area (Å²) in [4.78, 5) is 9.42. The lowest BCUT2D eigenvalue weighted by atomic mass is 10.0. The SMILES string of the molecule is CCNC(=NCCOCCS(C)(=O)=O)N1CCN(Cc2ccc(C(C)C)cc2)CC1.I. The summed E-state index contributed by atoms with van der Waals surface area (Å²) in [5.41, 5.74) is 2.75. The number of sulfone groups is 1. The van der Waals surface area contributed by atoms with Crippen molar-refractivity contribution < 1.29 is 13.2 Å². The fourth-order valence-electron chi connectivity index (χ4n) is 3.34. The normalized spacial score (nSPS) is 15.8. The molecule has 0 radical (unpaired) electrons. The molecule has 1 fully saturated rings. The van der Waals surface area contributed by atoms with Crippen LogP contribution in [0.5, 0.6) is 0 Å². The molecule has 0 atom stereocenters. The molecule has 0 saturated carbocycles. The van der Waals surface area contributed by atoms with Gasteiger partial charge in [0.15, 0.2) is 5.96 Å². The molecule has 1 aliphatic rings. The van der Waals surface area contributed by atoms with Gasteiger partial charge in [0.2, 0.25) is 0 Å². The molecular weight excluding hydrogens is 527 g/mol. The molecule has 1 aliphatic heterocycles. The molecule has 0 amide bonds. The summed E-state index contributed by atoms with van der Waals surface area (Å²) in [5, 5.41) is 3.35. The van der Waals surface area contributed by atoms with E-state index in [1.807, 2.05) is 0 Å². The van der Waals surface area contributed by atoms with E-state index in [-0.39, 0.29) is 36.3 Å². The van der Waals surface area contributed by atoms with Crippen molar-refractivity contribution in [1.29, 1.82) is 0 Å². The number of hydrogen-bond donors (Lipinski definition) is 1. The Morgan fingerprint density at radius 2 is 1.77 bits per heavy atom. The van der Waals surface area contributed by atoms with Crippen molar-refractivity contribution in [2.75, 3.05) is 64.5 Å². The molecule has 0 bridgehead atoms. The molecule has 0 unspecified atom stereocenters. The van der Waals surface area contributed by atoms with Gasteiger partial charge in [-0.1, -0.05) is 38.1 Å². The van der Waals surface area contributed by atoms with Crippen LogP contribution in [-0.4, -0.2) is 88.7 Å². The minimum absolute atomic E-state index is 0. The highest BCUT2D eigenvalue weighted by molar-refractivity contribution is 14.0. The number of ether oxygens (including phenoxy) is 1. The van der Waals surface area contributed by atoms with E-state index < -0.39 is 9.84 Å². The Morgan fingerprint density at radius 3 is 2.32 bits per heavy atom. The smallest absolute Gasteiger partial charge is 0.194 e. The van der Waals surface area contributed by atoms with E-state index >= 15 is 0 Å². The highest BCUT2D eigenvalue weighted by atomic mass is 127. The molecule has 9 heteroatoms. The largest absolute Gasteiger partial charge is 0.378 e. The highest BCUT2D eigenvalue weighted by Crippen LogP contribution is 2.16. The Hall–Kier alpha value is -0.910. The summed E-state index contributed by atoms with van der Waals surface area (Å²) in [6, 6.07) is 8.97. The van der Waals surface area contributed by atoms with E-state index in [4.69, 9.17) is 4.74 Å². The summed E-state index contributed by atoms with van der Waals surface area (Å²) in [7, 11) is -2.97. The van der Waals surface area contributed by atoms with Crippen LogP contribution in [0.4, 0.5) is 0 Å². The maximum atomic E-state index is 11.1. The third kappa shape index (κ3) is 11.0. The van der Waals surface area contributed by atoms with Gasteiger partial charge in [-0.15, -0.1) is 24.0 Å². The van der Waals surface area contributed by atoms with Crippen LogP contribution in [0.25, 0.3) is 0 Å². The Balaban J connectivity index is 0.00000480. The van der Waals surface area contributed by atoms with Gasteiger partial charge in [-0.05, 0) is 24.0 Å². The molecular formula is C22H39IN4O3S. The van der Waals surface area contributed by atoms with Crippen molar-refractivity contribution in [1.82, 2.24) is 15.1 Å². The summed E-state index contributed by atoms with van der Waals surface area (Å²) in [6.45, 7) is 13.4. The molecule has 31 heavy (non-hydrogen) atoms. The first-order valence-corrected chi connectivity index (χ1v) is 12.9. The van der Waals surface area contributed by atoms with Crippen molar-refractivity contribution in [2.24, 2.45) is 4.99 Å². The van der Waals surface area contributed by atoms with Crippen LogP contribution < -0.4 is 5.32 Å². The van der Waals surface area contributed by atoms with Crippen molar-refractivity contribution in [3.63, 3.8) is 0 Å². The third-order valence-corrected chi connectivity index (χ3v) is 6.06. The number of guanidine groups is 1. The average molecular weight is 567 g/mol. The summed E-state index contributed by atoms with van der Waals surface area (Å²) in [5.74, 6) is 1.53. The Bertz CT molecular complexity index is 761. The predicted molar refractivity (Wildman–Crippen MR) is 139 cm³/mol. The number of aliphatic imine (C=N–C) groups is 1. The summed E-state index contributed by atoms with van der Waals surface area (Å²) >= 11 is 0. The fraction of sp³-hybridized carbons (Fsp3) is 0.682. The van der Waals surface area contributed by atoms with E-state index in [1.54, 1.807) is 0 Å². The molecule has 0 aromatic heterocycles. The summed E-state index contributed by atoms with van der Waals surface area (Å²) in [6.07, 6.45) is 1.22. The topological polar surface area (TPSA) is 74.2 Å².